The smallest absolute Gasteiger partial charge is 0.253 e. The quantitative estimate of drug-likeness (QED) is 0.500. The summed E-state index contributed by atoms with van der Waals surface area (Å²) < 4.78 is 10.7. The lowest BCUT2D eigenvalue weighted by Crippen LogP contribution is -2.39. The van der Waals surface area contributed by atoms with Crippen LogP contribution in [0.5, 0.6) is 0 Å². The molecule has 0 aliphatic carbocycles. The fourth-order valence-corrected chi connectivity index (χ4v) is 4.16. The Hall–Kier alpha value is -3.51. The molecule has 0 unspecified atom stereocenters. The fourth-order valence-electron chi connectivity index (χ4n) is 4.16. The monoisotopic (exact) mass is 427 g/mol. The molecule has 1 aliphatic heterocycles. The second kappa shape index (κ2) is 8.93. The molecule has 2 aromatic carbocycles. The number of carbonyl (C=O) groups excluding carboxylic acids is 1. The van der Waals surface area contributed by atoms with Crippen molar-refractivity contribution < 1.29 is 13.9 Å². The van der Waals surface area contributed by atoms with Gasteiger partial charge in [-0.2, -0.15) is 0 Å². The molecule has 1 aliphatic rings. The minimum Gasteiger partial charge on any atom is -0.449 e. The maximum atomic E-state index is 13.1. The number of pyridine rings is 1. The summed E-state index contributed by atoms with van der Waals surface area (Å²) in [7, 11) is 0. The number of aryl methyl sites for hydroxylation is 1. The molecule has 0 spiro atoms. The molecule has 1 N–H and O–H groups in total. The van der Waals surface area contributed by atoms with Crippen molar-refractivity contribution in [1.29, 1.82) is 0 Å². The van der Waals surface area contributed by atoms with Gasteiger partial charge in [0.2, 0.25) is 0 Å². The first kappa shape index (κ1) is 20.4. The predicted molar refractivity (Wildman–Crippen MR) is 123 cm³/mol. The molecule has 6 heteroatoms. The van der Waals surface area contributed by atoms with E-state index in [9.17, 15) is 4.79 Å². The largest absolute Gasteiger partial charge is 0.449 e. The normalized spacial score (nSPS) is 14.5. The minimum absolute atomic E-state index is 0.0702. The highest BCUT2D eigenvalue weighted by Crippen LogP contribution is 2.24. The van der Waals surface area contributed by atoms with Gasteiger partial charge in [0.15, 0.2) is 5.89 Å². The molecule has 162 valence electrons. The maximum Gasteiger partial charge on any atom is 0.253 e. The third-order valence-corrected chi connectivity index (χ3v) is 5.84. The van der Waals surface area contributed by atoms with Gasteiger partial charge >= 0.3 is 0 Å². The highest BCUT2D eigenvalue weighted by Gasteiger charge is 2.19. The topological polar surface area (TPSA) is 77.2 Å². The van der Waals surface area contributed by atoms with E-state index in [1.165, 1.54) is 0 Å². The predicted octanol–water partition coefficient (Wildman–Crippen LogP) is 4.70. The Morgan fingerprint density at radius 3 is 2.66 bits per heavy atom. The van der Waals surface area contributed by atoms with Gasteiger partial charge in [-0.3, -0.25) is 9.78 Å². The number of nitrogens with zero attached hydrogens (tertiary/aromatic N) is 2. The highest BCUT2D eigenvalue weighted by molar-refractivity contribution is 6.06. The standard InChI is InChI=1S/C26H25N3O3/c1-17-28-24(16-32-17)20-6-4-18(5-7-20)13-19-14-21-3-2-10-27-25(21)23(15-19)26(30)29-22-8-11-31-12-9-22/h2-7,10,14-16,22H,8-9,11-13H2,1H3,(H,29,30). The Balaban J connectivity index is 1.41. The summed E-state index contributed by atoms with van der Waals surface area (Å²) in [6, 6.07) is 16.4. The molecular weight excluding hydrogens is 402 g/mol. The Morgan fingerprint density at radius 2 is 1.91 bits per heavy atom. The van der Waals surface area contributed by atoms with Gasteiger partial charge in [0.25, 0.3) is 5.91 Å². The third kappa shape index (κ3) is 4.41. The summed E-state index contributed by atoms with van der Waals surface area (Å²) in [5.41, 5.74) is 5.44. The van der Waals surface area contributed by atoms with Crippen molar-refractivity contribution in [1.82, 2.24) is 15.3 Å². The van der Waals surface area contributed by atoms with Crippen LogP contribution in [0.4, 0.5) is 0 Å². The summed E-state index contributed by atoms with van der Waals surface area (Å²) in [6.07, 6.45) is 5.81. The summed E-state index contributed by atoms with van der Waals surface area (Å²) in [5.74, 6) is 0.583. The molecule has 1 saturated heterocycles. The summed E-state index contributed by atoms with van der Waals surface area (Å²) >= 11 is 0. The van der Waals surface area contributed by atoms with Gasteiger partial charge in [0.1, 0.15) is 12.0 Å². The van der Waals surface area contributed by atoms with Crippen LogP contribution in [0.3, 0.4) is 0 Å². The molecule has 2 aromatic heterocycles. The lowest BCUT2D eigenvalue weighted by molar-refractivity contribution is 0.0697. The average Bonchev–Trinajstić information content (AvgIpc) is 3.26. The number of fused-ring (bicyclic) bond motifs is 1. The van der Waals surface area contributed by atoms with Crippen molar-refractivity contribution in [2.45, 2.75) is 32.2 Å². The van der Waals surface area contributed by atoms with E-state index in [1.54, 1.807) is 12.5 Å². The van der Waals surface area contributed by atoms with E-state index in [4.69, 9.17) is 9.15 Å². The molecule has 0 atom stereocenters. The Morgan fingerprint density at radius 1 is 1.09 bits per heavy atom. The zero-order valence-electron chi connectivity index (χ0n) is 18.0. The molecular formula is C26H25N3O3. The van der Waals surface area contributed by atoms with Crippen LogP contribution in [0.2, 0.25) is 0 Å². The lowest BCUT2D eigenvalue weighted by Gasteiger charge is -2.23. The summed E-state index contributed by atoms with van der Waals surface area (Å²) in [5, 5.41) is 4.14. The zero-order chi connectivity index (χ0) is 21.9. The Bertz CT molecular complexity index is 1240. The molecule has 1 fully saturated rings. The van der Waals surface area contributed by atoms with E-state index in [0.29, 0.717) is 24.7 Å². The number of hydrogen-bond donors (Lipinski definition) is 1. The number of nitrogens with one attached hydrogen (secondary N) is 1. The molecule has 0 saturated carbocycles. The van der Waals surface area contributed by atoms with Crippen molar-refractivity contribution in [2.75, 3.05) is 13.2 Å². The van der Waals surface area contributed by atoms with E-state index in [0.717, 1.165) is 52.5 Å². The third-order valence-electron chi connectivity index (χ3n) is 5.84. The average molecular weight is 428 g/mol. The number of benzene rings is 2. The molecule has 0 radical (unpaired) electrons. The first-order valence-electron chi connectivity index (χ1n) is 10.9. The summed E-state index contributed by atoms with van der Waals surface area (Å²) in [4.78, 5) is 22.0. The SMILES string of the molecule is Cc1nc(-c2ccc(Cc3cc(C(=O)NC4CCOCC4)c4ncccc4c3)cc2)co1. The van der Waals surface area contributed by atoms with Crippen LogP contribution < -0.4 is 5.32 Å². The number of rotatable bonds is 5. The van der Waals surface area contributed by atoms with E-state index in [1.807, 2.05) is 37.3 Å². The first-order valence-corrected chi connectivity index (χ1v) is 10.9. The number of aromatic nitrogens is 2. The number of oxazole rings is 1. The van der Waals surface area contributed by atoms with Crippen molar-refractivity contribution in [3.8, 4) is 11.3 Å². The van der Waals surface area contributed by atoms with Crippen molar-refractivity contribution in [2.24, 2.45) is 0 Å². The van der Waals surface area contributed by atoms with E-state index in [2.05, 4.69) is 33.5 Å². The molecule has 3 heterocycles. The van der Waals surface area contributed by atoms with Crippen LogP contribution in [0.25, 0.3) is 22.2 Å². The van der Waals surface area contributed by atoms with Gasteiger partial charge < -0.3 is 14.5 Å². The van der Waals surface area contributed by atoms with E-state index < -0.39 is 0 Å². The summed E-state index contributed by atoms with van der Waals surface area (Å²) in [6.45, 7) is 3.21. The van der Waals surface area contributed by atoms with Gasteiger partial charge in [-0.05, 0) is 48.6 Å². The molecule has 4 aromatic rings. The van der Waals surface area contributed by atoms with Gasteiger partial charge in [-0.1, -0.05) is 30.3 Å². The lowest BCUT2D eigenvalue weighted by atomic mass is 9.98. The Kier molecular flexibility index (Phi) is 5.69. The number of amides is 1. The zero-order valence-corrected chi connectivity index (χ0v) is 18.0. The van der Waals surface area contributed by atoms with Gasteiger partial charge in [0.05, 0.1) is 11.1 Å². The Labute approximate surface area is 186 Å². The van der Waals surface area contributed by atoms with Crippen LogP contribution in [0.15, 0.2) is 65.4 Å². The number of ether oxygens (including phenoxy) is 1. The molecule has 32 heavy (non-hydrogen) atoms. The van der Waals surface area contributed by atoms with Crippen LogP contribution in [0, 0.1) is 6.92 Å². The van der Waals surface area contributed by atoms with Gasteiger partial charge in [0, 0.05) is 43.3 Å². The van der Waals surface area contributed by atoms with Crippen LogP contribution in [-0.4, -0.2) is 35.1 Å². The van der Waals surface area contributed by atoms with Crippen molar-refractivity contribution in [3.05, 3.63) is 83.6 Å². The van der Waals surface area contributed by atoms with Crippen LogP contribution in [-0.2, 0) is 11.2 Å². The van der Waals surface area contributed by atoms with Gasteiger partial charge in [-0.25, -0.2) is 4.98 Å². The fraction of sp³-hybridized carbons (Fsp3) is 0.269. The second-order valence-electron chi connectivity index (χ2n) is 8.20. The van der Waals surface area contributed by atoms with Crippen LogP contribution in [0.1, 0.15) is 40.2 Å². The van der Waals surface area contributed by atoms with Gasteiger partial charge in [-0.15, -0.1) is 0 Å². The molecule has 1 amide bonds. The van der Waals surface area contributed by atoms with Crippen molar-refractivity contribution >= 4 is 16.8 Å². The molecule has 5 rings (SSSR count). The highest BCUT2D eigenvalue weighted by atomic mass is 16.5. The minimum atomic E-state index is -0.0702. The molecule has 6 nitrogen and oxygen atoms in total. The van der Waals surface area contributed by atoms with E-state index in [-0.39, 0.29) is 11.9 Å². The van der Waals surface area contributed by atoms with Crippen LogP contribution >= 0.6 is 0 Å². The maximum absolute atomic E-state index is 13.1. The number of hydrogen-bond acceptors (Lipinski definition) is 5. The molecule has 0 bridgehead atoms. The second-order valence-corrected chi connectivity index (χ2v) is 8.20. The first-order chi connectivity index (χ1) is 15.7. The van der Waals surface area contributed by atoms with E-state index >= 15 is 0 Å². The number of carbonyl (C=O) groups is 1. The van der Waals surface area contributed by atoms with Crippen molar-refractivity contribution in [3.63, 3.8) is 0 Å².